The number of aromatic nitrogens is 2. The Morgan fingerprint density at radius 1 is 1.53 bits per heavy atom. The molecule has 1 aromatic rings. The van der Waals surface area contributed by atoms with Gasteiger partial charge in [0.05, 0.1) is 17.7 Å². The number of carbonyl (C=O) groups excluding carboxylic acids is 1. The van der Waals surface area contributed by atoms with Gasteiger partial charge in [-0.1, -0.05) is 0 Å². The Kier molecular flexibility index (Phi) is 2.74. The van der Waals surface area contributed by atoms with Crippen LogP contribution in [0.15, 0.2) is 15.8 Å². The highest BCUT2D eigenvalue weighted by Gasteiger charge is 2.35. The van der Waals surface area contributed by atoms with Gasteiger partial charge in [-0.25, -0.2) is 4.79 Å². The highest BCUT2D eigenvalue weighted by molar-refractivity contribution is 5.93. The smallest absolute Gasteiger partial charge is 0.328 e. The SMILES string of the molecule is CC(=O)c1c[nH]c(=O)n(C2(C)CCOC2)c1=O. The van der Waals surface area contributed by atoms with Crippen LogP contribution < -0.4 is 11.2 Å². The summed E-state index contributed by atoms with van der Waals surface area (Å²) in [6.07, 6.45) is 1.75. The van der Waals surface area contributed by atoms with Crippen molar-refractivity contribution in [3.63, 3.8) is 0 Å². The molecule has 17 heavy (non-hydrogen) atoms. The Hall–Kier alpha value is -1.69. The van der Waals surface area contributed by atoms with Crippen LogP contribution in [-0.4, -0.2) is 28.5 Å². The van der Waals surface area contributed by atoms with Gasteiger partial charge in [0.1, 0.15) is 0 Å². The summed E-state index contributed by atoms with van der Waals surface area (Å²) in [6, 6.07) is 0. The quantitative estimate of drug-likeness (QED) is 0.728. The van der Waals surface area contributed by atoms with Crippen LogP contribution in [0.5, 0.6) is 0 Å². The summed E-state index contributed by atoms with van der Waals surface area (Å²) < 4.78 is 6.32. The number of carbonyl (C=O) groups is 1. The first kappa shape index (κ1) is 11.8. The molecular formula is C11H14N2O4. The van der Waals surface area contributed by atoms with Crippen molar-refractivity contribution in [1.29, 1.82) is 0 Å². The van der Waals surface area contributed by atoms with Crippen molar-refractivity contribution in [3.05, 3.63) is 32.6 Å². The third kappa shape index (κ3) is 1.84. The lowest BCUT2D eigenvalue weighted by Crippen LogP contribution is -2.49. The van der Waals surface area contributed by atoms with Gasteiger partial charge in [0.15, 0.2) is 5.78 Å². The van der Waals surface area contributed by atoms with Crippen LogP contribution in [0.1, 0.15) is 30.6 Å². The third-order valence-corrected chi connectivity index (χ3v) is 3.09. The molecule has 0 saturated carbocycles. The largest absolute Gasteiger partial charge is 0.379 e. The van der Waals surface area contributed by atoms with Gasteiger partial charge in [0.2, 0.25) is 0 Å². The predicted octanol–water partition coefficient (Wildman–Crippen LogP) is -0.125. The average Bonchev–Trinajstić information content (AvgIpc) is 2.65. The minimum atomic E-state index is -0.671. The van der Waals surface area contributed by atoms with Gasteiger partial charge < -0.3 is 9.72 Å². The highest BCUT2D eigenvalue weighted by Crippen LogP contribution is 2.23. The van der Waals surface area contributed by atoms with Crippen molar-refractivity contribution in [2.75, 3.05) is 13.2 Å². The Labute approximate surface area is 97.2 Å². The molecule has 0 radical (unpaired) electrons. The molecule has 1 atom stereocenters. The molecule has 1 N–H and O–H groups in total. The van der Waals surface area contributed by atoms with Crippen molar-refractivity contribution in [3.8, 4) is 0 Å². The minimum absolute atomic E-state index is 0.00211. The minimum Gasteiger partial charge on any atom is -0.379 e. The molecule has 1 aliphatic rings. The van der Waals surface area contributed by atoms with E-state index in [4.69, 9.17) is 4.74 Å². The van der Waals surface area contributed by atoms with Crippen molar-refractivity contribution in [2.45, 2.75) is 25.8 Å². The van der Waals surface area contributed by atoms with Crippen LogP contribution in [0.4, 0.5) is 0 Å². The number of H-pyrrole nitrogens is 1. The number of hydrogen-bond acceptors (Lipinski definition) is 4. The van der Waals surface area contributed by atoms with Gasteiger partial charge in [0, 0.05) is 12.8 Å². The molecule has 0 bridgehead atoms. The second-order valence-corrected chi connectivity index (χ2v) is 4.50. The van der Waals surface area contributed by atoms with Crippen LogP contribution in [0.2, 0.25) is 0 Å². The number of nitrogens with zero attached hydrogens (tertiary/aromatic N) is 1. The summed E-state index contributed by atoms with van der Waals surface area (Å²) in [6.45, 7) is 3.89. The maximum Gasteiger partial charge on any atom is 0.328 e. The van der Waals surface area contributed by atoms with E-state index in [2.05, 4.69) is 4.98 Å². The van der Waals surface area contributed by atoms with Gasteiger partial charge in [-0.3, -0.25) is 14.2 Å². The van der Waals surface area contributed by atoms with E-state index in [1.807, 2.05) is 0 Å². The normalized spacial score (nSPS) is 23.9. The molecule has 0 spiro atoms. The third-order valence-electron chi connectivity index (χ3n) is 3.09. The molecule has 1 aromatic heterocycles. The van der Waals surface area contributed by atoms with E-state index in [1.165, 1.54) is 13.1 Å². The molecule has 0 aromatic carbocycles. The fourth-order valence-corrected chi connectivity index (χ4v) is 2.05. The van der Waals surface area contributed by atoms with Crippen molar-refractivity contribution >= 4 is 5.78 Å². The lowest BCUT2D eigenvalue weighted by molar-refractivity contribution is 0.101. The van der Waals surface area contributed by atoms with E-state index in [0.717, 1.165) is 4.57 Å². The van der Waals surface area contributed by atoms with Gasteiger partial charge in [-0.2, -0.15) is 0 Å². The van der Waals surface area contributed by atoms with Gasteiger partial charge in [-0.05, 0) is 20.3 Å². The average molecular weight is 238 g/mol. The second-order valence-electron chi connectivity index (χ2n) is 4.50. The lowest BCUT2D eigenvalue weighted by Gasteiger charge is -2.23. The van der Waals surface area contributed by atoms with Gasteiger partial charge in [-0.15, -0.1) is 0 Å². The van der Waals surface area contributed by atoms with Crippen molar-refractivity contribution in [2.24, 2.45) is 0 Å². The maximum absolute atomic E-state index is 12.1. The first-order chi connectivity index (χ1) is 7.96. The molecule has 92 valence electrons. The maximum atomic E-state index is 12.1. The van der Waals surface area contributed by atoms with Crippen LogP contribution in [-0.2, 0) is 10.3 Å². The molecule has 0 aliphatic carbocycles. The van der Waals surface area contributed by atoms with E-state index >= 15 is 0 Å². The zero-order valence-electron chi connectivity index (χ0n) is 9.78. The molecule has 6 heteroatoms. The molecule has 1 saturated heterocycles. The summed E-state index contributed by atoms with van der Waals surface area (Å²) in [5, 5.41) is 0. The van der Waals surface area contributed by atoms with Crippen molar-refractivity contribution < 1.29 is 9.53 Å². The zero-order chi connectivity index (χ0) is 12.6. The number of rotatable bonds is 2. The number of hydrogen-bond donors (Lipinski definition) is 1. The first-order valence-electron chi connectivity index (χ1n) is 5.40. The topological polar surface area (TPSA) is 81.2 Å². The lowest BCUT2D eigenvalue weighted by atomic mass is 10.0. The molecule has 2 rings (SSSR count). The number of nitrogens with one attached hydrogen (secondary N) is 1. The molecule has 6 nitrogen and oxygen atoms in total. The van der Waals surface area contributed by atoms with E-state index in [-0.39, 0.29) is 11.3 Å². The number of ketones is 1. The Balaban J connectivity index is 2.69. The summed E-state index contributed by atoms with van der Waals surface area (Å²) in [4.78, 5) is 37.5. The summed E-state index contributed by atoms with van der Waals surface area (Å²) >= 11 is 0. The summed E-state index contributed by atoms with van der Waals surface area (Å²) in [7, 11) is 0. The first-order valence-corrected chi connectivity index (χ1v) is 5.40. The molecule has 1 aliphatic heterocycles. The van der Waals surface area contributed by atoms with Gasteiger partial charge in [0.25, 0.3) is 5.56 Å². The Morgan fingerprint density at radius 2 is 2.24 bits per heavy atom. The van der Waals surface area contributed by atoms with E-state index in [1.54, 1.807) is 6.92 Å². The van der Waals surface area contributed by atoms with Crippen LogP contribution in [0.3, 0.4) is 0 Å². The Bertz CT molecular complexity index is 564. The summed E-state index contributed by atoms with van der Waals surface area (Å²) in [5.74, 6) is -0.359. The van der Waals surface area contributed by atoms with Gasteiger partial charge >= 0.3 is 5.69 Å². The molecule has 1 unspecified atom stereocenters. The molecule has 1 fully saturated rings. The number of aromatic amines is 1. The van der Waals surface area contributed by atoms with Crippen molar-refractivity contribution in [1.82, 2.24) is 9.55 Å². The van der Waals surface area contributed by atoms with Crippen LogP contribution in [0, 0.1) is 0 Å². The van der Waals surface area contributed by atoms with Crippen LogP contribution >= 0.6 is 0 Å². The molecular weight excluding hydrogens is 224 g/mol. The van der Waals surface area contributed by atoms with E-state index in [9.17, 15) is 14.4 Å². The monoisotopic (exact) mass is 238 g/mol. The fraction of sp³-hybridized carbons (Fsp3) is 0.545. The summed E-state index contributed by atoms with van der Waals surface area (Å²) in [5.41, 5.74) is -1.73. The molecule has 2 heterocycles. The highest BCUT2D eigenvalue weighted by atomic mass is 16.5. The van der Waals surface area contributed by atoms with E-state index in [0.29, 0.717) is 19.6 Å². The zero-order valence-corrected chi connectivity index (χ0v) is 9.78. The van der Waals surface area contributed by atoms with Crippen LogP contribution in [0.25, 0.3) is 0 Å². The standard InChI is InChI=1S/C11H14N2O4/c1-7(14)8-5-12-10(16)13(9(8)15)11(2)3-4-17-6-11/h5H,3-4,6H2,1-2H3,(H,12,16). The van der Waals surface area contributed by atoms with E-state index < -0.39 is 16.8 Å². The second kappa shape index (κ2) is 3.96. The Morgan fingerprint density at radius 3 is 2.76 bits per heavy atom. The number of ether oxygens (including phenoxy) is 1. The fourth-order valence-electron chi connectivity index (χ4n) is 2.05. The molecule has 0 amide bonds. The number of Topliss-reactive ketones (excluding diaryl/α,β-unsaturated/α-hetero) is 1. The predicted molar refractivity (Wildman–Crippen MR) is 60.4 cm³/mol.